The molecule has 128 valence electrons. The Morgan fingerprint density at radius 3 is 2.76 bits per heavy atom. The minimum Gasteiger partial charge on any atom is -0.338 e. The maximum atomic E-state index is 13.9. The lowest BCUT2D eigenvalue weighted by Gasteiger charge is -2.14. The molecule has 1 aromatic heterocycles. The molecule has 6 heteroatoms. The van der Waals surface area contributed by atoms with E-state index in [2.05, 4.69) is 15.0 Å². The summed E-state index contributed by atoms with van der Waals surface area (Å²) in [6.07, 6.45) is 0.930. The van der Waals surface area contributed by atoms with Crippen molar-refractivity contribution < 1.29 is 8.91 Å². The highest BCUT2D eigenvalue weighted by molar-refractivity contribution is 6.30. The molecule has 2 heterocycles. The predicted molar refractivity (Wildman–Crippen MR) is 93.8 cm³/mol. The lowest BCUT2D eigenvalue weighted by atomic mass is 9.98. The molecule has 0 aliphatic carbocycles. The van der Waals surface area contributed by atoms with Crippen LogP contribution < -0.4 is 0 Å². The van der Waals surface area contributed by atoms with Gasteiger partial charge < -0.3 is 4.52 Å². The molecule has 1 fully saturated rings. The first-order chi connectivity index (χ1) is 12.2. The van der Waals surface area contributed by atoms with Crippen LogP contribution in [0.25, 0.3) is 11.4 Å². The van der Waals surface area contributed by atoms with E-state index in [0.29, 0.717) is 23.3 Å². The fourth-order valence-corrected chi connectivity index (χ4v) is 3.39. The fraction of sp³-hybridized carbons (Fsp3) is 0.263. The Balaban J connectivity index is 1.42. The summed E-state index contributed by atoms with van der Waals surface area (Å²) in [6, 6.07) is 14.3. The van der Waals surface area contributed by atoms with Crippen LogP contribution in [0.3, 0.4) is 0 Å². The molecule has 1 aliphatic heterocycles. The minimum atomic E-state index is -0.128. The number of rotatable bonds is 4. The standard InChI is InChI=1S/C19H17ClFN3O/c20-15-7-5-13(6-8-15)19-22-18(25-23-19)12-24-10-9-14(11-24)16-3-1-2-4-17(16)21/h1-8,14H,9-12H2. The summed E-state index contributed by atoms with van der Waals surface area (Å²) >= 11 is 5.90. The highest BCUT2D eigenvalue weighted by atomic mass is 35.5. The van der Waals surface area contributed by atoms with E-state index >= 15 is 0 Å². The smallest absolute Gasteiger partial charge is 0.241 e. The van der Waals surface area contributed by atoms with Gasteiger partial charge in [-0.25, -0.2) is 4.39 Å². The Kier molecular flexibility index (Phi) is 4.51. The first-order valence-corrected chi connectivity index (χ1v) is 8.62. The monoisotopic (exact) mass is 357 g/mol. The lowest BCUT2D eigenvalue weighted by Crippen LogP contribution is -2.20. The topological polar surface area (TPSA) is 42.2 Å². The summed E-state index contributed by atoms with van der Waals surface area (Å²) in [5.74, 6) is 1.20. The molecule has 4 nitrogen and oxygen atoms in total. The summed E-state index contributed by atoms with van der Waals surface area (Å²) in [6.45, 7) is 2.25. The zero-order valence-electron chi connectivity index (χ0n) is 13.5. The molecule has 0 saturated carbocycles. The normalized spacial score (nSPS) is 17.9. The molecule has 0 amide bonds. The van der Waals surface area contributed by atoms with Crippen molar-refractivity contribution in [2.75, 3.05) is 13.1 Å². The van der Waals surface area contributed by atoms with Gasteiger partial charge in [0.05, 0.1) is 6.54 Å². The summed E-state index contributed by atoms with van der Waals surface area (Å²) in [5.41, 5.74) is 1.66. The van der Waals surface area contributed by atoms with Crippen LogP contribution in [0, 0.1) is 5.82 Å². The van der Waals surface area contributed by atoms with Crippen molar-refractivity contribution in [2.24, 2.45) is 0 Å². The van der Waals surface area contributed by atoms with Crippen LogP contribution in [0.2, 0.25) is 5.02 Å². The molecule has 0 spiro atoms. The average molecular weight is 358 g/mol. The Hall–Kier alpha value is -2.24. The average Bonchev–Trinajstić information content (AvgIpc) is 3.26. The summed E-state index contributed by atoms with van der Waals surface area (Å²) in [7, 11) is 0. The van der Waals surface area contributed by atoms with Crippen molar-refractivity contribution in [1.29, 1.82) is 0 Å². The molecule has 0 bridgehead atoms. The first-order valence-electron chi connectivity index (χ1n) is 8.24. The predicted octanol–water partition coefficient (Wildman–Crippen LogP) is 4.52. The molecule has 1 saturated heterocycles. The number of aromatic nitrogens is 2. The molecule has 2 aromatic carbocycles. The first kappa shape index (κ1) is 16.2. The third-order valence-corrected chi connectivity index (χ3v) is 4.80. The zero-order chi connectivity index (χ0) is 17.2. The quantitative estimate of drug-likeness (QED) is 0.688. The molecule has 3 aromatic rings. The highest BCUT2D eigenvalue weighted by Crippen LogP contribution is 2.29. The van der Waals surface area contributed by atoms with E-state index in [9.17, 15) is 4.39 Å². The van der Waals surface area contributed by atoms with Gasteiger partial charge in [0.2, 0.25) is 11.7 Å². The van der Waals surface area contributed by atoms with E-state index in [4.69, 9.17) is 16.1 Å². The summed E-state index contributed by atoms with van der Waals surface area (Å²) in [4.78, 5) is 6.67. The van der Waals surface area contributed by atoms with Gasteiger partial charge in [-0.15, -0.1) is 0 Å². The molecular formula is C19H17ClFN3O. The number of hydrogen-bond donors (Lipinski definition) is 0. The van der Waals surface area contributed by atoms with E-state index in [-0.39, 0.29) is 11.7 Å². The highest BCUT2D eigenvalue weighted by Gasteiger charge is 2.27. The van der Waals surface area contributed by atoms with E-state index in [1.165, 1.54) is 6.07 Å². The SMILES string of the molecule is Fc1ccccc1C1CCN(Cc2nc(-c3ccc(Cl)cc3)no2)C1. The van der Waals surface area contributed by atoms with Gasteiger partial charge >= 0.3 is 0 Å². The largest absolute Gasteiger partial charge is 0.338 e. The van der Waals surface area contributed by atoms with Gasteiger partial charge in [-0.1, -0.05) is 35.0 Å². The second-order valence-corrected chi connectivity index (χ2v) is 6.70. The van der Waals surface area contributed by atoms with Gasteiger partial charge in [0.25, 0.3) is 0 Å². The van der Waals surface area contributed by atoms with Crippen LogP contribution >= 0.6 is 11.6 Å². The van der Waals surface area contributed by atoms with Crippen LogP contribution in [-0.4, -0.2) is 28.1 Å². The second kappa shape index (κ2) is 6.94. The number of likely N-dealkylation sites (tertiary alicyclic amines) is 1. The summed E-state index contributed by atoms with van der Waals surface area (Å²) < 4.78 is 19.3. The number of hydrogen-bond acceptors (Lipinski definition) is 4. The van der Waals surface area contributed by atoms with Crippen LogP contribution in [0.4, 0.5) is 4.39 Å². The summed E-state index contributed by atoms with van der Waals surface area (Å²) in [5, 5.41) is 4.70. The molecule has 1 unspecified atom stereocenters. The third kappa shape index (κ3) is 3.57. The Bertz CT molecular complexity index is 865. The molecule has 4 rings (SSSR count). The fourth-order valence-electron chi connectivity index (χ4n) is 3.26. The van der Waals surface area contributed by atoms with Crippen molar-refractivity contribution in [3.05, 3.63) is 70.8 Å². The van der Waals surface area contributed by atoms with Crippen LogP contribution in [0.15, 0.2) is 53.1 Å². The van der Waals surface area contributed by atoms with Gasteiger partial charge in [-0.05, 0) is 48.9 Å². The van der Waals surface area contributed by atoms with Crippen molar-refractivity contribution in [1.82, 2.24) is 15.0 Å². The second-order valence-electron chi connectivity index (χ2n) is 6.26. The van der Waals surface area contributed by atoms with E-state index in [1.54, 1.807) is 18.2 Å². The molecule has 0 radical (unpaired) electrons. The van der Waals surface area contributed by atoms with Gasteiger partial charge in [-0.3, -0.25) is 4.90 Å². The van der Waals surface area contributed by atoms with Gasteiger partial charge in [0.15, 0.2) is 0 Å². The molecule has 0 N–H and O–H groups in total. The lowest BCUT2D eigenvalue weighted by molar-refractivity contribution is 0.265. The Morgan fingerprint density at radius 1 is 1.16 bits per heavy atom. The number of nitrogens with zero attached hydrogens (tertiary/aromatic N) is 3. The van der Waals surface area contributed by atoms with Gasteiger partial charge in [0, 0.05) is 23.0 Å². The van der Waals surface area contributed by atoms with Crippen LogP contribution in [-0.2, 0) is 6.54 Å². The van der Waals surface area contributed by atoms with Gasteiger partial charge in [0.1, 0.15) is 5.82 Å². The van der Waals surface area contributed by atoms with Gasteiger partial charge in [-0.2, -0.15) is 4.98 Å². The van der Waals surface area contributed by atoms with Crippen molar-refractivity contribution in [2.45, 2.75) is 18.9 Å². The number of benzene rings is 2. The maximum absolute atomic E-state index is 13.9. The minimum absolute atomic E-state index is 0.128. The Morgan fingerprint density at radius 2 is 1.96 bits per heavy atom. The van der Waals surface area contributed by atoms with Crippen LogP contribution in [0.1, 0.15) is 23.8 Å². The Labute approximate surface area is 150 Å². The van der Waals surface area contributed by atoms with E-state index in [0.717, 1.165) is 30.6 Å². The molecule has 1 aliphatic rings. The van der Waals surface area contributed by atoms with E-state index < -0.39 is 0 Å². The zero-order valence-corrected chi connectivity index (χ0v) is 14.3. The van der Waals surface area contributed by atoms with E-state index in [1.807, 2.05) is 24.3 Å². The molecule has 1 atom stereocenters. The maximum Gasteiger partial charge on any atom is 0.241 e. The number of halogens is 2. The molecule has 25 heavy (non-hydrogen) atoms. The van der Waals surface area contributed by atoms with Crippen LogP contribution in [0.5, 0.6) is 0 Å². The third-order valence-electron chi connectivity index (χ3n) is 4.55. The van der Waals surface area contributed by atoms with Crippen molar-refractivity contribution >= 4 is 11.6 Å². The van der Waals surface area contributed by atoms with Crippen molar-refractivity contribution in [3.8, 4) is 11.4 Å². The molecular weight excluding hydrogens is 341 g/mol. The van der Waals surface area contributed by atoms with Crippen molar-refractivity contribution in [3.63, 3.8) is 0 Å².